The molecule has 0 radical (unpaired) electrons. The summed E-state index contributed by atoms with van der Waals surface area (Å²) in [7, 11) is 4.07. The van der Waals surface area contributed by atoms with Gasteiger partial charge in [0, 0.05) is 28.8 Å². The lowest BCUT2D eigenvalue weighted by Gasteiger charge is -2.22. The molecule has 0 saturated carbocycles. The molecule has 5 heteroatoms. The SMILES string of the molecule is CCN(CCCN(C)C)C(=O)c1ccc(Br)c(N)c1. The highest BCUT2D eigenvalue weighted by atomic mass is 79.9. The minimum atomic E-state index is 0.0421. The zero-order valence-corrected chi connectivity index (χ0v) is 13.4. The Hall–Kier alpha value is -1.07. The van der Waals surface area contributed by atoms with E-state index < -0.39 is 0 Å². The molecule has 1 amide bonds. The van der Waals surface area contributed by atoms with Gasteiger partial charge in [0.05, 0.1) is 0 Å². The van der Waals surface area contributed by atoms with Crippen LogP contribution in [-0.2, 0) is 0 Å². The molecular formula is C14H22BrN3O. The maximum Gasteiger partial charge on any atom is 0.253 e. The first-order chi connectivity index (χ1) is 8.95. The van der Waals surface area contributed by atoms with Crippen LogP contribution in [0.1, 0.15) is 23.7 Å². The molecule has 0 bridgehead atoms. The summed E-state index contributed by atoms with van der Waals surface area (Å²) in [6.45, 7) is 4.45. The number of carbonyl (C=O) groups excluding carboxylic acids is 1. The standard InChI is InChI=1S/C14H22BrN3O/c1-4-18(9-5-8-17(2)3)14(19)11-6-7-12(15)13(16)10-11/h6-7,10H,4-5,8-9,16H2,1-3H3. The summed E-state index contributed by atoms with van der Waals surface area (Å²) in [5.74, 6) is 0.0421. The van der Waals surface area contributed by atoms with Gasteiger partial charge >= 0.3 is 0 Å². The smallest absolute Gasteiger partial charge is 0.253 e. The highest BCUT2D eigenvalue weighted by Gasteiger charge is 2.14. The van der Waals surface area contributed by atoms with Crippen molar-refractivity contribution in [2.45, 2.75) is 13.3 Å². The molecule has 19 heavy (non-hydrogen) atoms. The molecule has 1 aromatic carbocycles. The number of benzene rings is 1. The van der Waals surface area contributed by atoms with E-state index >= 15 is 0 Å². The molecule has 0 heterocycles. The van der Waals surface area contributed by atoms with Crippen molar-refractivity contribution in [3.63, 3.8) is 0 Å². The van der Waals surface area contributed by atoms with Gasteiger partial charge in [-0.15, -0.1) is 0 Å². The van der Waals surface area contributed by atoms with E-state index in [1.807, 2.05) is 32.0 Å². The molecule has 0 aliphatic rings. The van der Waals surface area contributed by atoms with Crippen LogP contribution in [0.2, 0.25) is 0 Å². The van der Waals surface area contributed by atoms with Crippen molar-refractivity contribution < 1.29 is 4.79 Å². The molecular weight excluding hydrogens is 306 g/mol. The van der Waals surface area contributed by atoms with Crippen molar-refractivity contribution in [3.8, 4) is 0 Å². The average molecular weight is 328 g/mol. The third-order valence-corrected chi connectivity index (χ3v) is 3.67. The minimum Gasteiger partial charge on any atom is -0.398 e. The zero-order chi connectivity index (χ0) is 14.4. The van der Waals surface area contributed by atoms with E-state index in [4.69, 9.17) is 5.73 Å². The third kappa shape index (κ3) is 4.84. The molecule has 106 valence electrons. The van der Waals surface area contributed by atoms with Gasteiger partial charge in [-0.1, -0.05) is 0 Å². The number of nitrogens with zero attached hydrogens (tertiary/aromatic N) is 2. The first-order valence-electron chi connectivity index (χ1n) is 6.44. The van der Waals surface area contributed by atoms with E-state index in [0.29, 0.717) is 17.8 Å². The van der Waals surface area contributed by atoms with E-state index in [-0.39, 0.29) is 5.91 Å². The third-order valence-electron chi connectivity index (χ3n) is 2.95. The van der Waals surface area contributed by atoms with E-state index in [1.165, 1.54) is 0 Å². The van der Waals surface area contributed by atoms with Crippen LogP contribution < -0.4 is 5.73 Å². The molecule has 0 aliphatic heterocycles. The van der Waals surface area contributed by atoms with Gasteiger partial charge in [0.15, 0.2) is 0 Å². The Morgan fingerprint density at radius 3 is 2.53 bits per heavy atom. The second kappa shape index (κ2) is 7.50. The quantitative estimate of drug-likeness (QED) is 0.816. The number of anilines is 1. The number of hydrogen-bond donors (Lipinski definition) is 1. The van der Waals surface area contributed by atoms with Gasteiger partial charge in [0.2, 0.25) is 0 Å². The van der Waals surface area contributed by atoms with Gasteiger partial charge in [-0.05, 0) is 68.1 Å². The zero-order valence-electron chi connectivity index (χ0n) is 11.8. The number of nitrogens with two attached hydrogens (primary N) is 1. The molecule has 2 N–H and O–H groups in total. The number of nitrogen functional groups attached to an aromatic ring is 1. The van der Waals surface area contributed by atoms with Crippen LogP contribution in [-0.4, -0.2) is 49.4 Å². The molecule has 0 saturated heterocycles. The first kappa shape index (κ1) is 16.0. The van der Waals surface area contributed by atoms with Crippen LogP contribution in [0.3, 0.4) is 0 Å². The Labute approximate surface area is 123 Å². The molecule has 0 spiro atoms. The molecule has 0 aliphatic carbocycles. The van der Waals surface area contributed by atoms with Crippen molar-refractivity contribution >= 4 is 27.5 Å². The predicted molar refractivity (Wildman–Crippen MR) is 83.3 cm³/mol. The average Bonchev–Trinajstić information content (AvgIpc) is 2.37. The Kier molecular flexibility index (Phi) is 6.31. The normalized spacial score (nSPS) is 10.8. The van der Waals surface area contributed by atoms with Gasteiger partial charge in [-0.25, -0.2) is 0 Å². The largest absolute Gasteiger partial charge is 0.398 e. The maximum absolute atomic E-state index is 12.4. The van der Waals surface area contributed by atoms with Crippen molar-refractivity contribution in [1.82, 2.24) is 9.80 Å². The molecule has 0 atom stereocenters. The van der Waals surface area contributed by atoms with Gasteiger partial charge < -0.3 is 15.5 Å². The minimum absolute atomic E-state index is 0.0421. The van der Waals surface area contributed by atoms with Crippen molar-refractivity contribution in [2.24, 2.45) is 0 Å². The summed E-state index contributed by atoms with van der Waals surface area (Å²) >= 11 is 3.34. The van der Waals surface area contributed by atoms with Gasteiger partial charge in [0.1, 0.15) is 0 Å². The number of rotatable bonds is 6. The molecule has 0 unspecified atom stereocenters. The topological polar surface area (TPSA) is 49.6 Å². The second-order valence-corrected chi connectivity index (χ2v) is 5.63. The van der Waals surface area contributed by atoms with Crippen molar-refractivity contribution in [2.75, 3.05) is 39.5 Å². The van der Waals surface area contributed by atoms with E-state index in [2.05, 4.69) is 20.8 Å². The predicted octanol–water partition coefficient (Wildman–Crippen LogP) is 2.45. The van der Waals surface area contributed by atoms with Crippen LogP contribution in [0.4, 0.5) is 5.69 Å². The fourth-order valence-corrected chi connectivity index (χ4v) is 2.09. The Balaban J connectivity index is 2.69. The van der Waals surface area contributed by atoms with Gasteiger partial charge in [-0.3, -0.25) is 4.79 Å². The number of carbonyl (C=O) groups is 1. The van der Waals surface area contributed by atoms with Crippen LogP contribution in [0.25, 0.3) is 0 Å². The lowest BCUT2D eigenvalue weighted by molar-refractivity contribution is 0.0759. The fourth-order valence-electron chi connectivity index (χ4n) is 1.84. The van der Waals surface area contributed by atoms with Gasteiger partial charge in [-0.2, -0.15) is 0 Å². The number of amides is 1. The van der Waals surface area contributed by atoms with Crippen molar-refractivity contribution in [1.29, 1.82) is 0 Å². The van der Waals surface area contributed by atoms with E-state index in [1.54, 1.807) is 12.1 Å². The second-order valence-electron chi connectivity index (χ2n) is 4.78. The number of hydrogen-bond acceptors (Lipinski definition) is 3. The molecule has 0 fully saturated rings. The monoisotopic (exact) mass is 327 g/mol. The summed E-state index contributed by atoms with van der Waals surface area (Å²) in [5.41, 5.74) is 7.05. The molecule has 1 aromatic rings. The lowest BCUT2D eigenvalue weighted by Crippen LogP contribution is -2.33. The summed E-state index contributed by atoms with van der Waals surface area (Å²) in [6.07, 6.45) is 0.971. The van der Waals surface area contributed by atoms with Gasteiger partial charge in [0.25, 0.3) is 5.91 Å². The van der Waals surface area contributed by atoms with E-state index in [9.17, 15) is 4.79 Å². The summed E-state index contributed by atoms with van der Waals surface area (Å²) in [4.78, 5) is 16.3. The highest BCUT2D eigenvalue weighted by Crippen LogP contribution is 2.21. The summed E-state index contributed by atoms with van der Waals surface area (Å²) in [6, 6.07) is 5.34. The Morgan fingerprint density at radius 2 is 2.00 bits per heavy atom. The summed E-state index contributed by atoms with van der Waals surface area (Å²) in [5, 5.41) is 0. The first-order valence-corrected chi connectivity index (χ1v) is 7.24. The molecule has 0 aromatic heterocycles. The fraction of sp³-hybridized carbons (Fsp3) is 0.500. The highest BCUT2D eigenvalue weighted by molar-refractivity contribution is 9.10. The summed E-state index contributed by atoms with van der Waals surface area (Å²) < 4.78 is 0.819. The number of halogens is 1. The Bertz CT molecular complexity index is 435. The Morgan fingerprint density at radius 1 is 1.32 bits per heavy atom. The molecule has 4 nitrogen and oxygen atoms in total. The van der Waals surface area contributed by atoms with Crippen LogP contribution in [0.15, 0.2) is 22.7 Å². The molecule has 1 rings (SSSR count). The van der Waals surface area contributed by atoms with Crippen LogP contribution >= 0.6 is 15.9 Å². The van der Waals surface area contributed by atoms with Crippen LogP contribution in [0, 0.1) is 0 Å². The lowest BCUT2D eigenvalue weighted by atomic mass is 10.1. The van der Waals surface area contributed by atoms with Crippen LogP contribution in [0.5, 0.6) is 0 Å². The maximum atomic E-state index is 12.4. The van der Waals surface area contributed by atoms with Crippen molar-refractivity contribution in [3.05, 3.63) is 28.2 Å². The van der Waals surface area contributed by atoms with E-state index in [0.717, 1.165) is 24.0 Å².